The molecule has 0 saturated carbocycles. The molecule has 1 heterocycles. The summed E-state index contributed by atoms with van der Waals surface area (Å²) in [5.41, 5.74) is 1.05. The van der Waals surface area contributed by atoms with Gasteiger partial charge >= 0.3 is 12.3 Å². The predicted molar refractivity (Wildman–Crippen MR) is 107 cm³/mol. The molecule has 4 rings (SSSR count). The van der Waals surface area contributed by atoms with Crippen LogP contribution < -0.4 is 0 Å². The molecule has 0 atom stereocenters. The van der Waals surface area contributed by atoms with Gasteiger partial charge in [0.05, 0.1) is 12.1 Å². The van der Waals surface area contributed by atoms with E-state index in [1.54, 1.807) is 54.6 Å². The van der Waals surface area contributed by atoms with Crippen molar-refractivity contribution in [2.24, 2.45) is 0 Å². The molecule has 156 valence electrons. The molecule has 31 heavy (non-hydrogen) atoms. The number of hydrogen-bond donors (Lipinski definition) is 0. The van der Waals surface area contributed by atoms with Crippen molar-refractivity contribution in [1.82, 2.24) is 4.90 Å². The number of nitrogens with zero attached hydrogens (tertiary/aromatic N) is 1. The summed E-state index contributed by atoms with van der Waals surface area (Å²) in [5.74, 6) is -0.862. The lowest BCUT2D eigenvalue weighted by atomic mass is 9.95. The fourth-order valence-electron chi connectivity index (χ4n) is 3.31. The molecule has 0 aromatic heterocycles. The Kier molecular flexibility index (Phi) is 5.33. The van der Waals surface area contributed by atoms with E-state index in [0.29, 0.717) is 11.1 Å². The van der Waals surface area contributed by atoms with Gasteiger partial charge in [-0.05, 0) is 28.8 Å². The van der Waals surface area contributed by atoms with E-state index in [0.717, 1.165) is 22.6 Å². The largest absolute Gasteiger partial charge is 0.422 e. The van der Waals surface area contributed by atoms with Crippen molar-refractivity contribution in [1.29, 1.82) is 0 Å². The Balaban J connectivity index is 1.78. The van der Waals surface area contributed by atoms with E-state index in [2.05, 4.69) is 0 Å². The van der Waals surface area contributed by atoms with Crippen molar-refractivity contribution in [2.75, 3.05) is 0 Å². The van der Waals surface area contributed by atoms with E-state index in [1.807, 2.05) is 6.07 Å². The number of cyclic esters (lactones) is 1. The van der Waals surface area contributed by atoms with Crippen LogP contribution in [0.2, 0.25) is 0 Å². The normalized spacial score (nSPS) is 15.8. The van der Waals surface area contributed by atoms with Gasteiger partial charge in [0.15, 0.2) is 0 Å². The maximum Gasteiger partial charge on any atom is 0.422 e. The summed E-state index contributed by atoms with van der Waals surface area (Å²) in [7, 11) is 0. The maximum absolute atomic E-state index is 13.1. The number of halogens is 3. The van der Waals surface area contributed by atoms with Gasteiger partial charge in [-0.2, -0.15) is 13.2 Å². The molecular formula is C24H16F3NO3. The quantitative estimate of drug-likeness (QED) is 0.510. The number of amides is 2. The molecule has 2 amide bonds. The van der Waals surface area contributed by atoms with Crippen LogP contribution >= 0.6 is 0 Å². The zero-order valence-corrected chi connectivity index (χ0v) is 16.1. The Labute approximate surface area is 176 Å². The monoisotopic (exact) mass is 423 g/mol. The van der Waals surface area contributed by atoms with Crippen LogP contribution in [-0.4, -0.2) is 16.9 Å². The van der Waals surface area contributed by atoms with Gasteiger partial charge in [0, 0.05) is 5.57 Å². The van der Waals surface area contributed by atoms with Gasteiger partial charge in [-0.15, -0.1) is 0 Å². The van der Waals surface area contributed by atoms with Crippen LogP contribution in [0.3, 0.4) is 0 Å². The lowest BCUT2D eigenvalue weighted by Crippen LogP contribution is -2.28. The Morgan fingerprint density at radius 1 is 0.774 bits per heavy atom. The second-order valence-electron chi connectivity index (χ2n) is 6.89. The summed E-state index contributed by atoms with van der Waals surface area (Å²) in [6, 6.07) is 21.9. The van der Waals surface area contributed by atoms with Crippen molar-refractivity contribution < 1.29 is 27.5 Å². The number of hydrogen-bond acceptors (Lipinski definition) is 3. The van der Waals surface area contributed by atoms with Gasteiger partial charge in [0.2, 0.25) is 5.76 Å². The fraction of sp³-hybridized carbons (Fsp3) is 0.0833. The molecule has 1 aliphatic rings. The van der Waals surface area contributed by atoms with Gasteiger partial charge in [0.25, 0.3) is 5.91 Å². The topological polar surface area (TPSA) is 46.6 Å². The van der Waals surface area contributed by atoms with Crippen molar-refractivity contribution in [3.8, 4) is 0 Å². The standard InChI is InChI=1S/C24H16F3NO3/c25-24(26,27)19-13-11-18(12-14-19)20(17-9-5-2-6-10-17)21-22(29)28(23(30)31-21)15-16-7-3-1-4-8-16/h1-14H,15H2. The molecule has 3 aromatic carbocycles. The summed E-state index contributed by atoms with van der Waals surface area (Å²) < 4.78 is 44.2. The van der Waals surface area contributed by atoms with Gasteiger partial charge in [-0.3, -0.25) is 4.79 Å². The first kappa shape index (κ1) is 20.4. The lowest BCUT2D eigenvalue weighted by molar-refractivity contribution is -0.137. The molecule has 0 N–H and O–H groups in total. The number of ether oxygens (including phenoxy) is 1. The van der Waals surface area contributed by atoms with Crippen molar-refractivity contribution in [3.05, 3.63) is 113 Å². The number of carbonyl (C=O) groups is 2. The molecule has 7 heteroatoms. The minimum atomic E-state index is -4.49. The van der Waals surface area contributed by atoms with E-state index in [-0.39, 0.29) is 17.9 Å². The third kappa shape index (κ3) is 4.21. The van der Waals surface area contributed by atoms with E-state index >= 15 is 0 Å². The van der Waals surface area contributed by atoms with Gasteiger partial charge in [0.1, 0.15) is 0 Å². The SMILES string of the molecule is O=C1OC(=C(c2ccccc2)c2ccc(C(F)(F)F)cc2)C(=O)N1Cc1ccccc1. The summed E-state index contributed by atoms with van der Waals surface area (Å²) in [6.07, 6.45) is -5.31. The van der Waals surface area contributed by atoms with Crippen molar-refractivity contribution >= 4 is 17.6 Å². The second kappa shape index (κ2) is 8.10. The van der Waals surface area contributed by atoms with Crippen LogP contribution in [0.5, 0.6) is 0 Å². The number of imide groups is 1. The highest BCUT2D eigenvalue weighted by molar-refractivity contribution is 6.13. The highest BCUT2D eigenvalue weighted by Gasteiger charge is 2.39. The summed E-state index contributed by atoms with van der Waals surface area (Å²) >= 11 is 0. The molecule has 0 spiro atoms. The zero-order valence-electron chi connectivity index (χ0n) is 16.1. The van der Waals surface area contributed by atoms with E-state index in [1.165, 1.54) is 12.1 Å². The molecule has 4 nitrogen and oxygen atoms in total. The molecule has 3 aromatic rings. The average molecular weight is 423 g/mol. The Morgan fingerprint density at radius 2 is 1.32 bits per heavy atom. The highest BCUT2D eigenvalue weighted by Crippen LogP contribution is 2.35. The molecule has 1 aliphatic heterocycles. The molecule has 0 unspecified atom stereocenters. The fourth-order valence-corrected chi connectivity index (χ4v) is 3.31. The summed E-state index contributed by atoms with van der Waals surface area (Å²) in [6.45, 7) is 0.0249. The van der Waals surface area contributed by atoms with Crippen LogP contribution in [0.4, 0.5) is 18.0 Å². The Bertz CT molecular complexity index is 1140. The van der Waals surface area contributed by atoms with Gasteiger partial charge in [-0.1, -0.05) is 72.8 Å². The number of alkyl halides is 3. The maximum atomic E-state index is 13.1. The smallest absolute Gasteiger partial charge is 0.403 e. The van der Waals surface area contributed by atoms with Gasteiger partial charge < -0.3 is 4.74 Å². The first-order chi connectivity index (χ1) is 14.8. The lowest BCUT2D eigenvalue weighted by Gasteiger charge is -2.13. The average Bonchev–Trinajstić information content (AvgIpc) is 3.03. The summed E-state index contributed by atoms with van der Waals surface area (Å²) in [4.78, 5) is 26.5. The van der Waals surface area contributed by atoms with Crippen molar-refractivity contribution in [2.45, 2.75) is 12.7 Å². The molecule has 1 saturated heterocycles. The van der Waals surface area contributed by atoms with E-state index < -0.39 is 23.7 Å². The van der Waals surface area contributed by atoms with Crippen LogP contribution in [0.25, 0.3) is 5.57 Å². The molecule has 0 radical (unpaired) electrons. The third-order valence-electron chi connectivity index (χ3n) is 4.82. The third-order valence-corrected chi connectivity index (χ3v) is 4.82. The first-order valence-corrected chi connectivity index (χ1v) is 9.39. The van der Waals surface area contributed by atoms with Crippen LogP contribution in [-0.2, 0) is 22.3 Å². The Hall–Kier alpha value is -3.87. The highest BCUT2D eigenvalue weighted by atomic mass is 19.4. The number of carbonyl (C=O) groups excluding carboxylic acids is 2. The first-order valence-electron chi connectivity index (χ1n) is 9.39. The summed E-state index contributed by atoms with van der Waals surface area (Å²) in [5, 5.41) is 0. The van der Waals surface area contributed by atoms with E-state index in [4.69, 9.17) is 4.74 Å². The van der Waals surface area contributed by atoms with Crippen LogP contribution in [0.1, 0.15) is 22.3 Å². The number of rotatable bonds is 4. The molecule has 0 bridgehead atoms. The van der Waals surface area contributed by atoms with Crippen LogP contribution in [0.15, 0.2) is 90.7 Å². The van der Waals surface area contributed by atoms with E-state index in [9.17, 15) is 22.8 Å². The van der Waals surface area contributed by atoms with Gasteiger partial charge in [-0.25, -0.2) is 9.69 Å². The zero-order chi connectivity index (χ0) is 22.0. The molecular weight excluding hydrogens is 407 g/mol. The van der Waals surface area contributed by atoms with Crippen molar-refractivity contribution in [3.63, 3.8) is 0 Å². The number of benzene rings is 3. The molecule has 1 fully saturated rings. The minimum Gasteiger partial charge on any atom is -0.403 e. The molecule has 0 aliphatic carbocycles. The Morgan fingerprint density at radius 3 is 1.90 bits per heavy atom. The second-order valence-corrected chi connectivity index (χ2v) is 6.89. The van der Waals surface area contributed by atoms with Crippen LogP contribution in [0, 0.1) is 0 Å². The predicted octanol–water partition coefficient (Wildman–Crippen LogP) is 5.64. The minimum absolute atomic E-state index is 0.0249.